The van der Waals surface area contributed by atoms with Gasteiger partial charge in [-0.3, -0.25) is 4.79 Å². The van der Waals surface area contributed by atoms with E-state index in [0.29, 0.717) is 21.3 Å². The van der Waals surface area contributed by atoms with Gasteiger partial charge in [-0.15, -0.1) is 11.8 Å². The van der Waals surface area contributed by atoms with Crippen LogP contribution >= 0.6 is 23.4 Å². The third kappa shape index (κ3) is 3.92. The van der Waals surface area contributed by atoms with E-state index >= 15 is 0 Å². The molecule has 0 saturated carbocycles. The predicted octanol–water partition coefficient (Wildman–Crippen LogP) is 5.15. The van der Waals surface area contributed by atoms with Gasteiger partial charge in [0.05, 0.1) is 16.6 Å². The molecule has 142 valence electrons. The zero-order valence-corrected chi connectivity index (χ0v) is 16.5. The zero-order chi connectivity index (χ0) is 18.8. The van der Waals surface area contributed by atoms with Gasteiger partial charge in [0.2, 0.25) is 0 Å². The quantitative estimate of drug-likeness (QED) is 0.767. The molecule has 2 aliphatic rings. The van der Waals surface area contributed by atoms with E-state index in [0.717, 1.165) is 43.7 Å². The Morgan fingerprint density at radius 1 is 1.30 bits per heavy atom. The average molecular weight is 406 g/mol. The molecule has 4 rings (SSSR count). The summed E-state index contributed by atoms with van der Waals surface area (Å²) in [5.74, 6) is 1.15. The first kappa shape index (κ1) is 18.6. The van der Waals surface area contributed by atoms with Gasteiger partial charge in [0.15, 0.2) is 0 Å². The number of anilines is 1. The Bertz CT molecular complexity index is 857. The molecule has 0 aliphatic carbocycles. The fourth-order valence-corrected chi connectivity index (χ4v) is 5.00. The van der Waals surface area contributed by atoms with Gasteiger partial charge in [-0.25, -0.2) is 9.37 Å². The van der Waals surface area contributed by atoms with Crippen molar-refractivity contribution in [2.24, 2.45) is 0 Å². The molecule has 7 heteroatoms. The lowest BCUT2D eigenvalue weighted by molar-refractivity contribution is 0.0724. The minimum Gasteiger partial charge on any atom is -0.362 e. The second-order valence-electron chi connectivity index (χ2n) is 6.90. The highest BCUT2D eigenvalue weighted by Gasteiger charge is 2.25. The molecule has 1 fully saturated rings. The van der Waals surface area contributed by atoms with Gasteiger partial charge >= 0.3 is 0 Å². The van der Waals surface area contributed by atoms with Gasteiger partial charge in [-0.1, -0.05) is 23.7 Å². The van der Waals surface area contributed by atoms with Crippen molar-refractivity contribution < 1.29 is 9.18 Å². The van der Waals surface area contributed by atoms with Crippen molar-refractivity contribution in [2.45, 2.75) is 36.6 Å². The van der Waals surface area contributed by atoms with Gasteiger partial charge in [-0.05, 0) is 43.4 Å². The van der Waals surface area contributed by atoms with Crippen LogP contribution in [0.2, 0.25) is 5.02 Å². The summed E-state index contributed by atoms with van der Waals surface area (Å²) in [6.45, 7) is 1.58. The van der Waals surface area contributed by atoms with Crippen molar-refractivity contribution in [3.8, 4) is 0 Å². The van der Waals surface area contributed by atoms with E-state index in [1.54, 1.807) is 18.3 Å². The van der Waals surface area contributed by atoms with E-state index in [9.17, 15) is 9.18 Å². The molecule has 1 N–H and O–H groups in total. The Labute approximate surface area is 167 Å². The van der Waals surface area contributed by atoms with Crippen LogP contribution in [-0.2, 0) is 0 Å². The highest BCUT2D eigenvalue weighted by atomic mass is 35.5. The number of thioether (sulfide) groups is 1. The Hall–Kier alpha value is -1.79. The van der Waals surface area contributed by atoms with Crippen LogP contribution in [0.1, 0.15) is 47.6 Å². The lowest BCUT2D eigenvalue weighted by atomic mass is 10.0. The van der Waals surface area contributed by atoms with Crippen LogP contribution in [0, 0.1) is 5.82 Å². The number of nitrogens with zero attached hydrogens (tertiary/aromatic N) is 2. The van der Waals surface area contributed by atoms with E-state index < -0.39 is 0 Å². The summed E-state index contributed by atoms with van der Waals surface area (Å²) in [4.78, 5) is 19.6. The molecule has 1 aromatic carbocycles. The molecule has 2 aliphatic heterocycles. The number of aromatic nitrogens is 1. The van der Waals surface area contributed by atoms with Crippen LogP contribution in [0.25, 0.3) is 0 Å². The summed E-state index contributed by atoms with van der Waals surface area (Å²) in [5, 5.41) is 3.74. The first-order valence-electron chi connectivity index (χ1n) is 9.26. The maximum Gasteiger partial charge on any atom is 0.255 e. The van der Waals surface area contributed by atoms with Crippen molar-refractivity contribution in [3.05, 3.63) is 52.4 Å². The number of carbonyl (C=O) groups is 1. The molecule has 1 amide bonds. The highest BCUT2D eigenvalue weighted by molar-refractivity contribution is 7.99. The molecule has 1 atom stereocenters. The number of likely N-dealkylation sites (tertiary alicyclic amines) is 1. The van der Waals surface area contributed by atoms with Gasteiger partial charge in [0.1, 0.15) is 11.6 Å². The molecule has 0 spiro atoms. The number of halogens is 2. The van der Waals surface area contributed by atoms with Gasteiger partial charge in [0.25, 0.3) is 5.91 Å². The Balaban J connectivity index is 1.53. The predicted molar refractivity (Wildman–Crippen MR) is 107 cm³/mol. The van der Waals surface area contributed by atoms with Crippen molar-refractivity contribution >= 4 is 35.1 Å². The molecule has 0 bridgehead atoms. The fraction of sp³-hybridized carbons (Fsp3) is 0.400. The third-order valence-corrected chi connectivity index (χ3v) is 6.52. The highest BCUT2D eigenvalue weighted by Crippen LogP contribution is 2.39. The number of benzene rings is 1. The molecule has 1 saturated heterocycles. The summed E-state index contributed by atoms with van der Waals surface area (Å²) in [7, 11) is 0. The number of hydrogen-bond donors (Lipinski definition) is 1. The van der Waals surface area contributed by atoms with Crippen LogP contribution < -0.4 is 5.32 Å². The van der Waals surface area contributed by atoms with E-state index in [2.05, 4.69) is 10.3 Å². The molecular weight excluding hydrogens is 385 g/mol. The van der Waals surface area contributed by atoms with Crippen LogP contribution in [-0.4, -0.2) is 34.6 Å². The largest absolute Gasteiger partial charge is 0.362 e. The minimum atomic E-state index is -0.189. The van der Waals surface area contributed by atoms with E-state index in [1.807, 2.05) is 11.0 Å². The maximum absolute atomic E-state index is 14.0. The van der Waals surface area contributed by atoms with Gasteiger partial charge < -0.3 is 10.2 Å². The Kier molecular flexibility index (Phi) is 5.55. The van der Waals surface area contributed by atoms with E-state index in [-0.39, 0.29) is 17.8 Å². The number of fused-ring (bicyclic) bond motifs is 1. The molecule has 0 unspecified atom stereocenters. The number of rotatable bonds is 3. The number of hydrogen-bond acceptors (Lipinski definition) is 4. The summed E-state index contributed by atoms with van der Waals surface area (Å²) in [5.41, 5.74) is 1.44. The fourth-order valence-electron chi connectivity index (χ4n) is 3.64. The van der Waals surface area contributed by atoms with Crippen molar-refractivity contribution in [2.75, 3.05) is 24.2 Å². The molecule has 0 radical (unpaired) electrons. The molecule has 2 aromatic rings. The summed E-state index contributed by atoms with van der Waals surface area (Å²) < 4.78 is 14.0. The molecule has 3 heterocycles. The second kappa shape index (κ2) is 8.07. The van der Waals surface area contributed by atoms with Crippen molar-refractivity contribution in [3.63, 3.8) is 0 Å². The Morgan fingerprint density at radius 2 is 2.11 bits per heavy atom. The van der Waals surface area contributed by atoms with E-state index in [1.165, 1.54) is 24.2 Å². The normalized spacial score (nSPS) is 19.5. The van der Waals surface area contributed by atoms with Crippen LogP contribution in [0.5, 0.6) is 0 Å². The lowest BCUT2D eigenvalue weighted by Crippen LogP contribution is -2.35. The van der Waals surface area contributed by atoms with Gasteiger partial charge in [-0.2, -0.15) is 0 Å². The standard InChI is InChI=1S/C20H21ClFN3OS/c21-15-11-13(20(26)25-8-2-1-3-9-25)12-23-19(15)24-17-7-10-27-18-14(17)5-4-6-16(18)22/h4-6,11-12,17H,1-3,7-10H2,(H,23,24)/t17-/m0/s1. The molecular formula is C20H21ClFN3OS. The van der Waals surface area contributed by atoms with Crippen LogP contribution in [0.4, 0.5) is 10.2 Å². The van der Waals surface area contributed by atoms with Crippen molar-refractivity contribution in [1.82, 2.24) is 9.88 Å². The van der Waals surface area contributed by atoms with Gasteiger partial charge in [0, 0.05) is 29.9 Å². The summed E-state index contributed by atoms with van der Waals surface area (Å²) in [6.07, 6.45) is 5.70. The number of pyridine rings is 1. The first-order valence-corrected chi connectivity index (χ1v) is 10.6. The lowest BCUT2D eigenvalue weighted by Gasteiger charge is -2.28. The summed E-state index contributed by atoms with van der Waals surface area (Å²) >= 11 is 7.95. The number of nitrogens with one attached hydrogen (secondary N) is 1. The summed E-state index contributed by atoms with van der Waals surface area (Å²) in [6, 6.07) is 6.78. The number of carbonyl (C=O) groups excluding carboxylic acids is 1. The van der Waals surface area contributed by atoms with Crippen LogP contribution in [0.15, 0.2) is 35.4 Å². The second-order valence-corrected chi connectivity index (χ2v) is 8.41. The first-order chi connectivity index (χ1) is 13.1. The Morgan fingerprint density at radius 3 is 2.89 bits per heavy atom. The topological polar surface area (TPSA) is 45.2 Å². The maximum atomic E-state index is 14.0. The SMILES string of the molecule is O=C(c1cnc(N[C@H]2CCSc3c(F)cccc32)c(Cl)c1)N1CCCCC1. The average Bonchev–Trinajstić information content (AvgIpc) is 2.70. The molecule has 27 heavy (non-hydrogen) atoms. The molecule has 4 nitrogen and oxygen atoms in total. The number of amides is 1. The monoisotopic (exact) mass is 405 g/mol. The molecule has 1 aromatic heterocycles. The smallest absolute Gasteiger partial charge is 0.255 e. The zero-order valence-electron chi connectivity index (χ0n) is 14.9. The number of piperidine rings is 1. The minimum absolute atomic E-state index is 0.0165. The van der Waals surface area contributed by atoms with Crippen LogP contribution in [0.3, 0.4) is 0 Å². The third-order valence-electron chi connectivity index (χ3n) is 5.07. The van der Waals surface area contributed by atoms with E-state index in [4.69, 9.17) is 11.6 Å². The van der Waals surface area contributed by atoms with Crippen molar-refractivity contribution in [1.29, 1.82) is 0 Å².